The van der Waals surface area contributed by atoms with Crippen molar-refractivity contribution < 1.29 is 24.7 Å². The molecule has 0 aromatic heterocycles. The van der Waals surface area contributed by atoms with Gasteiger partial charge >= 0.3 is 5.69 Å². The Morgan fingerprint density at radius 1 is 1.04 bits per heavy atom. The number of aromatic hydroxyl groups is 2. The number of rotatable bonds is 5. The Hall–Kier alpha value is -4.07. The molecule has 0 atom stereocenters. The van der Waals surface area contributed by atoms with Crippen LogP contribution in [0.2, 0.25) is 0 Å². The van der Waals surface area contributed by atoms with Crippen LogP contribution in [-0.4, -0.2) is 21.0 Å². The van der Waals surface area contributed by atoms with Crippen LogP contribution in [0.1, 0.15) is 15.9 Å². The molecular formula is C20H16N2O6. The first-order chi connectivity index (χ1) is 13.4. The van der Waals surface area contributed by atoms with Crippen molar-refractivity contribution in [3.63, 3.8) is 0 Å². The van der Waals surface area contributed by atoms with Gasteiger partial charge < -0.3 is 20.3 Å². The summed E-state index contributed by atoms with van der Waals surface area (Å²) in [5, 5.41) is 33.6. The maximum Gasteiger partial charge on any atom is 0.314 e. The normalized spacial score (nSPS) is 10.3. The van der Waals surface area contributed by atoms with E-state index in [9.17, 15) is 25.1 Å². The minimum Gasteiger partial charge on any atom is -0.507 e. The molecule has 0 aliphatic carbocycles. The van der Waals surface area contributed by atoms with Crippen molar-refractivity contribution in [2.45, 2.75) is 6.92 Å². The zero-order valence-electron chi connectivity index (χ0n) is 14.7. The molecule has 0 aliphatic heterocycles. The molecule has 3 N–H and O–H groups in total. The van der Waals surface area contributed by atoms with Gasteiger partial charge in [0.25, 0.3) is 5.91 Å². The predicted octanol–water partition coefficient (Wildman–Crippen LogP) is 4.36. The molecule has 0 heterocycles. The predicted molar refractivity (Wildman–Crippen MR) is 102 cm³/mol. The maximum absolute atomic E-state index is 12.4. The van der Waals surface area contributed by atoms with Gasteiger partial charge in [0, 0.05) is 11.3 Å². The van der Waals surface area contributed by atoms with Gasteiger partial charge in [-0.2, -0.15) is 0 Å². The van der Waals surface area contributed by atoms with E-state index in [1.165, 1.54) is 6.92 Å². The Bertz CT molecular complexity index is 1030. The van der Waals surface area contributed by atoms with Crippen LogP contribution < -0.4 is 10.1 Å². The van der Waals surface area contributed by atoms with E-state index in [0.29, 0.717) is 17.2 Å². The molecule has 0 bridgehead atoms. The van der Waals surface area contributed by atoms with E-state index in [4.69, 9.17) is 4.74 Å². The van der Waals surface area contributed by atoms with Crippen molar-refractivity contribution in [1.29, 1.82) is 0 Å². The summed E-state index contributed by atoms with van der Waals surface area (Å²) < 4.78 is 5.65. The molecular weight excluding hydrogens is 364 g/mol. The molecule has 8 heteroatoms. The minimum absolute atomic E-state index is 0.0407. The molecule has 0 unspecified atom stereocenters. The average molecular weight is 380 g/mol. The standard InChI is InChI=1S/C20H16N2O6/c1-12-11-16(23)17(19(24)18(12)22(26)27)20(25)21-13-7-9-15(10-8-13)28-14-5-3-2-4-6-14/h2-11,23-24H,1H3,(H,21,25). The number of nitro groups is 1. The molecule has 8 nitrogen and oxygen atoms in total. The van der Waals surface area contributed by atoms with Gasteiger partial charge in [0.2, 0.25) is 5.75 Å². The lowest BCUT2D eigenvalue weighted by molar-refractivity contribution is -0.386. The number of nitro benzene ring substituents is 1. The number of anilines is 1. The molecule has 3 aromatic rings. The number of nitrogens with zero attached hydrogens (tertiary/aromatic N) is 1. The molecule has 3 rings (SSSR count). The second-order valence-corrected chi connectivity index (χ2v) is 5.94. The Morgan fingerprint density at radius 3 is 2.25 bits per heavy atom. The second kappa shape index (κ2) is 7.67. The van der Waals surface area contributed by atoms with E-state index in [2.05, 4.69) is 5.32 Å². The average Bonchev–Trinajstić information content (AvgIpc) is 2.63. The van der Waals surface area contributed by atoms with Gasteiger partial charge in [0.1, 0.15) is 22.8 Å². The highest BCUT2D eigenvalue weighted by Crippen LogP contribution is 2.39. The number of ether oxygens (including phenoxy) is 1. The fraction of sp³-hybridized carbons (Fsp3) is 0.0500. The molecule has 0 saturated carbocycles. The Kier molecular flexibility index (Phi) is 5.12. The number of phenols is 2. The smallest absolute Gasteiger partial charge is 0.314 e. The highest BCUT2D eigenvalue weighted by molar-refractivity contribution is 6.09. The largest absolute Gasteiger partial charge is 0.507 e. The van der Waals surface area contributed by atoms with Crippen molar-refractivity contribution in [2.24, 2.45) is 0 Å². The number of phenolic OH excluding ortho intramolecular Hbond substituents is 2. The molecule has 0 fully saturated rings. The van der Waals surface area contributed by atoms with Gasteiger partial charge in [-0.05, 0) is 49.4 Å². The highest BCUT2D eigenvalue weighted by Gasteiger charge is 2.28. The Labute approximate surface area is 159 Å². The summed E-state index contributed by atoms with van der Waals surface area (Å²) >= 11 is 0. The van der Waals surface area contributed by atoms with Crippen LogP contribution in [0, 0.1) is 17.0 Å². The number of amides is 1. The molecule has 3 aromatic carbocycles. The van der Waals surface area contributed by atoms with E-state index >= 15 is 0 Å². The van der Waals surface area contributed by atoms with Crippen molar-refractivity contribution in [3.05, 3.63) is 81.9 Å². The third-order valence-corrected chi connectivity index (χ3v) is 3.94. The number of carbonyl (C=O) groups excluding carboxylic acids is 1. The van der Waals surface area contributed by atoms with Crippen LogP contribution in [0.25, 0.3) is 0 Å². The van der Waals surface area contributed by atoms with Crippen molar-refractivity contribution in [3.8, 4) is 23.0 Å². The third-order valence-electron chi connectivity index (χ3n) is 3.94. The van der Waals surface area contributed by atoms with Crippen molar-refractivity contribution in [2.75, 3.05) is 5.32 Å². The monoisotopic (exact) mass is 380 g/mol. The lowest BCUT2D eigenvalue weighted by Gasteiger charge is -2.11. The lowest BCUT2D eigenvalue weighted by atomic mass is 10.1. The molecule has 0 spiro atoms. The summed E-state index contributed by atoms with van der Waals surface area (Å²) in [7, 11) is 0. The molecule has 0 radical (unpaired) electrons. The number of aryl methyl sites for hydroxylation is 1. The number of nitrogens with one attached hydrogen (secondary N) is 1. The summed E-state index contributed by atoms with van der Waals surface area (Å²) in [5.74, 6) is -1.12. The molecule has 0 saturated heterocycles. The van der Waals surface area contributed by atoms with E-state index in [1.54, 1.807) is 36.4 Å². The lowest BCUT2D eigenvalue weighted by Crippen LogP contribution is -2.13. The minimum atomic E-state index is -0.885. The SMILES string of the molecule is Cc1cc(O)c(C(=O)Nc2ccc(Oc3ccccc3)cc2)c(O)c1[N+](=O)[O-]. The molecule has 0 aliphatic rings. The number of carbonyl (C=O) groups is 1. The first-order valence-corrected chi connectivity index (χ1v) is 8.21. The fourth-order valence-corrected chi connectivity index (χ4v) is 2.65. The van der Waals surface area contributed by atoms with Crippen LogP contribution in [-0.2, 0) is 0 Å². The second-order valence-electron chi connectivity index (χ2n) is 5.94. The van der Waals surface area contributed by atoms with Crippen LogP contribution in [0.4, 0.5) is 11.4 Å². The quantitative estimate of drug-likeness (QED) is 0.446. The van der Waals surface area contributed by atoms with Gasteiger partial charge in [0.05, 0.1) is 4.92 Å². The Morgan fingerprint density at radius 2 is 1.64 bits per heavy atom. The zero-order chi connectivity index (χ0) is 20.3. The fourth-order valence-electron chi connectivity index (χ4n) is 2.65. The van der Waals surface area contributed by atoms with E-state index in [0.717, 1.165) is 6.07 Å². The highest BCUT2D eigenvalue weighted by atomic mass is 16.6. The third kappa shape index (κ3) is 3.85. The van der Waals surface area contributed by atoms with E-state index < -0.39 is 33.6 Å². The van der Waals surface area contributed by atoms with Gasteiger partial charge in [-0.15, -0.1) is 0 Å². The van der Waals surface area contributed by atoms with Crippen LogP contribution >= 0.6 is 0 Å². The number of para-hydroxylation sites is 1. The molecule has 142 valence electrons. The summed E-state index contributed by atoms with van der Waals surface area (Å²) in [6, 6.07) is 16.6. The first-order valence-electron chi connectivity index (χ1n) is 8.21. The van der Waals surface area contributed by atoms with Gasteiger partial charge in [-0.1, -0.05) is 18.2 Å². The number of benzene rings is 3. The maximum atomic E-state index is 12.4. The van der Waals surface area contributed by atoms with Crippen molar-refractivity contribution in [1.82, 2.24) is 0 Å². The topological polar surface area (TPSA) is 122 Å². The summed E-state index contributed by atoms with van der Waals surface area (Å²) in [4.78, 5) is 22.7. The van der Waals surface area contributed by atoms with Crippen LogP contribution in [0.3, 0.4) is 0 Å². The van der Waals surface area contributed by atoms with Gasteiger partial charge in [-0.25, -0.2) is 0 Å². The van der Waals surface area contributed by atoms with Crippen molar-refractivity contribution >= 4 is 17.3 Å². The Balaban J connectivity index is 1.80. The zero-order valence-corrected chi connectivity index (χ0v) is 14.7. The van der Waals surface area contributed by atoms with E-state index in [-0.39, 0.29) is 5.56 Å². The molecule has 28 heavy (non-hydrogen) atoms. The summed E-state index contributed by atoms with van der Waals surface area (Å²) in [5.41, 5.74) is -0.803. The number of hydrogen-bond donors (Lipinski definition) is 3. The van der Waals surface area contributed by atoms with Gasteiger partial charge in [0.15, 0.2) is 0 Å². The van der Waals surface area contributed by atoms with Gasteiger partial charge in [-0.3, -0.25) is 14.9 Å². The number of hydrogen-bond acceptors (Lipinski definition) is 6. The van der Waals surface area contributed by atoms with E-state index in [1.807, 2.05) is 18.2 Å². The van der Waals surface area contributed by atoms with Crippen LogP contribution in [0.5, 0.6) is 23.0 Å². The summed E-state index contributed by atoms with van der Waals surface area (Å²) in [6.45, 7) is 1.35. The van der Waals surface area contributed by atoms with Crippen LogP contribution in [0.15, 0.2) is 60.7 Å². The summed E-state index contributed by atoms with van der Waals surface area (Å²) in [6.07, 6.45) is 0. The molecule has 1 amide bonds. The first kappa shape index (κ1) is 18.7.